The number of aryl methyl sites for hydroxylation is 1. The highest BCUT2D eigenvalue weighted by Crippen LogP contribution is 2.24. The number of carboxylic acid groups (broad SMARTS) is 1. The van der Waals surface area contributed by atoms with E-state index in [1.165, 1.54) is 6.20 Å². The Bertz CT molecular complexity index is 599. The molecule has 1 aromatic carbocycles. The Morgan fingerprint density at radius 3 is 2.83 bits per heavy atom. The lowest BCUT2D eigenvalue weighted by Crippen LogP contribution is -2.03. The first-order valence-electron chi connectivity index (χ1n) is 5.28. The number of hydrogen-bond acceptors (Lipinski definition) is 3. The molecule has 0 radical (unpaired) electrons. The molecule has 0 aliphatic carbocycles. The Morgan fingerprint density at radius 2 is 2.17 bits per heavy atom. The molecular weight excluding hydrogens is 296 g/mol. The van der Waals surface area contributed by atoms with Crippen LogP contribution in [0.2, 0.25) is 0 Å². The summed E-state index contributed by atoms with van der Waals surface area (Å²) in [5.41, 5.74) is 2.59. The zero-order valence-electron chi connectivity index (χ0n) is 9.64. The number of carbonyl (C=O) groups is 1. The fraction of sp³-hybridized carbons (Fsp3) is 0.0769. The van der Waals surface area contributed by atoms with Gasteiger partial charge in [0.05, 0.1) is 5.69 Å². The van der Waals surface area contributed by atoms with Crippen molar-refractivity contribution >= 4 is 33.3 Å². The normalized spacial score (nSPS) is 10.1. The molecule has 0 saturated heterocycles. The Morgan fingerprint density at radius 1 is 1.39 bits per heavy atom. The molecule has 2 rings (SSSR count). The SMILES string of the molecule is Cc1cc(Nc2ccncc2C(=O)O)ccc1Br. The van der Waals surface area contributed by atoms with Crippen molar-refractivity contribution in [1.29, 1.82) is 0 Å². The van der Waals surface area contributed by atoms with Crippen LogP contribution in [0.3, 0.4) is 0 Å². The van der Waals surface area contributed by atoms with Gasteiger partial charge < -0.3 is 10.4 Å². The molecule has 92 valence electrons. The fourth-order valence-electron chi connectivity index (χ4n) is 1.55. The number of hydrogen-bond donors (Lipinski definition) is 2. The number of nitrogens with zero attached hydrogens (tertiary/aromatic N) is 1. The lowest BCUT2D eigenvalue weighted by Gasteiger charge is -2.10. The molecule has 1 aromatic heterocycles. The number of benzene rings is 1. The molecule has 1 heterocycles. The number of pyridine rings is 1. The fourth-order valence-corrected chi connectivity index (χ4v) is 1.80. The standard InChI is InChI=1S/C13H11BrN2O2/c1-8-6-9(2-3-11(8)14)16-12-4-5-15-7-10(12)13(17)18/h2-7H,1H3,(H,15,16)(H,17,18). The molecule has 5 heteroatoms. The minimum atomic E-state index is -1.00. The summed E-state index contributed by atoms with van der Waals surface area (Å²) in [6.45, 7) is 1.97. The van der Waals surface area contributed by atoms with Gasteiger partial charge in [-0.3, -0.25) is 4.98 Å². The average Bonchev–Trinajstić information content (AvgIpc) is 2.34. The molecule has 0 saturated carbocycles. The maximum absolute atomic E-state index is 11.0. The summed E-state index contributed by atoms with van der Waals surface area (Å²) in [6, 6.07) is 7.37. The van der Waals surface area contributed by atoms with Crippen LogP contribution in [0.5, 0.6) is 0 Å². The Labute approximate surface area is 113 Å². The van der Waals surface area contributed by atoms with Gasteiger partial charge >= 0.3 is 5.97 Å². The van der Waals surface area contributed by atoms with Crippen LogP contribution in [0.4, 0.5) is 11.4 Å². The van der Waals surface area contributed by atoms with Crippen LogP contribution in [-0.2, 0) is 0 Å². The van der Waals surface area contributed by atoms with Crippen LogP contribution < -0.4 is 5.32 Å². The van der Waals surface area contributed by atoms with Gasteiger partial charge in [0, 0.05) is 22.6 Å². The maximum Gasteiger partial charge on any atom is 0.339 e. The minimum absolute atomic E-state index is 0.151. The molecule has 2 aromatic rings. The summed E-state index contributed by atoms with van der Waals surface area (Å²) in [4.78, 5) is 14.9. The summed E-state index contributed by atoms with van der Waals surface area (Å²) in [5.74, 6) is -1.00. The van der Waals surface area contributed by atoms with Gasteiger partial charge in [-0.05, 0) is 36.8 Å². The number of halogens is 1. The second-order valence-electron chi connectivity index (χ2n) is 3.82. The molecule has 0 spiro atoms. The Kier molecular flexibility index (Phi) is 3.62. The van der Waals surface area contributed by atoms with Gasteiger partial charge in [0.1, 0.15) is 5.56 Å². The van der Waals surface area contributed by atoms with Gasteiger partial charge in [-0.25, -0.2) is 4.79 Å². The van der Waals surface area contributed by atoms with Gasteiger partial charge in [-0.1, -0.05) is 15.9 Å². The van der Waals surface area contributed by atoms with E-state index in [2.05, 4.69) is 26.2 Å². The van der Waals surface area contributed by atoms with E-state index in [0.717, 1.165) is 15.7 Å². The van der Waals surface area contributed by atoms with Crippen molar-refractivity contribution in [2.24, 2.45) is 0 Å². The summed E-state index contributed by atoms with van der Waals surface area (Å²) in [7, 11) is 0. The predicted octanol–water partition coefficient (Wildman–Crippen LogP) is 3.59. The molecule has 2 N–H and O–H groups in total. The van der Waals surface area contributed by atoms with E-state index in [9.17, 15) is 4.79 Å². The van der Waals surface area contributed by atoms with Crippen molar-refractivity contribution in [3.63, 3.8) is 0 Å². The van der Waals surface area contributed by atoms with E-state index in [1.54, 1.807) is 12.3 Å². The van der Waals surface area contributed by atoms with Crippen molar-refractivity contribution in [3.05, 3.63) is 52.3 Å². The quantitative estimate of drug-likeness (QED) is 0.909. The molecule has 0 amide bonds. The monoisotopic (exact) mass is 306 g/mol. The molecule has 18 heavy (non-hydrogen) atoms. The van der Waals surface area contributed by atoms with E-state index in [4.69, 9.17) is 5.11 Å². The van der Waals surface area contributed by atoms with Gasteiger partial charge in [0.25, 0.3) is 0 Å². The van der Waals surface area contributed by atoms with E-state index in [-0.39, 0.29) is 5.56 Å². The van der Waals surface area contributed by atoms with Crippen LogP contribution in [0.15, 0.2) is 41.1 Å². The lowest BCUT2D eigenvalue weighted by atomic mass is 10.2. The van der Waals surface area contributed by atoms with Crippen molar-refractivity contribution in [2.75, 3.05) is 5.32 Å². The number of rotatable bonds is 3. The van der Waals surface area contributed by atoms with Crippen molar-refractivity contribution < 1.29 is 9.90 Å². The maximum atomic E-state index is 11.0. The molecule has 0 aliphatic heterocycles. The number of nitrogens with one attached hydrogen (secondary N) is 1. The molecule has 0 bridgehead atoms. The zero-order chi connectivity index (χ0) is 13.1. The highest BCUT2D eigenvalue weighted by atomic mass is 79.9. The van der Waals surface area contributed by atoms with E-state index >= 15 is 0 Å². The number of anilines is 2. The number of carboxylic acids is 1. The first-order valence-corrected chi connectivity index (χ1v) is 6.07. The molecule has 0 aliphatic rings. The third kappa shape index (κ3) is 2.68. The van der Waals surface area contributed by atoms with E-state index < -0.39 is 5.97 Å². The molecule has 0 unspecified atom stereocenters. The molecule has 0 atom stereocenters. The average molecular weight is 307 g/mol. The third-order valence-corrected chi connectivity index (χ3v) is 3.38. The summed E-state index contributed by atoms with van der Waals surface area (Å²) in [6.07, 6.45) is 2.89. The molecule has 0 fully saturated rings. The third-order valence-electron chi connectivity index (χ3n) is 2.49. The zero-order valence-corrected chi connectivity index (χ0v) is 11.2. The first-order chi connectivity index (χ1) is 8.58. The lowest BCUT2D eigenvalue weighted by molar-refractivity contribution is 0.0697. The smallest absolute Gasteiger partial charge is 0.339 e. The van der Waals surface area contributed by atoms with Gasteiger partial charge in [0.2, 0.25) is 0 Å². The topological polar surface area (TPSA) is 62.2 Å². The number of aromatic nitrogens is 1. The Hall–Kier alpha value is -1.88. The largest absolute Gasteiger partial charge is 0.478 e. The minimum Gasteiger partial charge on any atom is -0.478 e. The molecule has 4 nitrogen and oxygen atoms in total. The molecular formula is C13H11BrN2O2. The Balaban J connectivity index is 2.34. The van der Waals surface area contributed by atoms with Crippen LogP contribution in [-0.4, -0.2) is 16.1 Å². The van der Waals surface area contributed by atoms with Crippen LogP contribution >= 0.6 is 15.9 Å². The van der Waals surface area contributed by atoms with Crippen molar-refractivity contribution in [1.82, 2.24) is 4.98 Å². The summed E-state index contributed by atoms with van der Waals surface area (Å²) >= 11 is 3.42. The second kappa shape index (κ2) is 5.18. The van der Waals surface area contributed by atoms with Crippen LogP contribution in [0.25, 0.3) is 0 Å². The van der Waals surface area contributed by atoms with Crippen LogP contribution in [0, 0.1) is 6.92 Å². The van der Waals surface area contributed by atoms with Gasteiger partial charge in [-0.15, -0.1) is 0 Å². The van der Waals surface area contributed by atoms with Crippen molar-refractivity contribution in [2.45, 2.75) is 6.92 Å². The summed E-state index contributed by atoms with van der Waals surface area (Å²) in [5, 5.41) is 12.1. The van der Waals surface area contributed by atoms with Crippen LogP contribution in [0.1, 0.15) is 15.9 Å². The van der Waals surface area contributed by atoms with Crippen molar-refractivity contribution in [3.8, 4) is 0 Å². The van der Waals surface area contributed by atoms with Gasteiger partial charge in [-0.2, -0.15) is 0 Å². The van der Waals surface area contributed by atoms with E-state index in [0.29, 0.717) is 5.69 Å². The predicted molar refractivity (Wildman–Crippen MR) is 73.4 cm³/mol. The second-order valence-corrected chi connectivity index (χ2v) is 4.67. The highest BCUT2D eigenvalue weighted by molar-refractivity contribution is 9.10. The highest BCUT2D eigenvalue weighted by Gasteiger charge is 2.09. The van der Waals surface area contributed by atoms with E-state index in [1.807, 2.05) is 25.1 Å². The van der Waals surface area contributed by atoms with Gasteiger partial charge in [0.15, 0.2) is 0 Å². The first kappa shape index (κ1) is 12.6. The summed E-state index contributed by atoms with van der Waals surface area (Å²) < 4.78 is 1.02. The number of aromatic carboxylic acids is 1.